The van der Waals surface area contributed by atoms with Crippen molar-refractivity contribution in [3.8, 4) is 34.5 Å². The normalized spacial score (nSPS) is 11.2. The molecule has 9 nitrogen and oxygen atoms in total. The Morgan fingerprint density at radius 3 is 2.36 bits per heavy atom. The Labute approximate surface area is 199 Å². The van der Waals surface area contributed by atoms with E-state index in [1.807, 2.05) is 6.92 Å². The monoisotopic (exact) mass is 492 g/mol. The van der Waals surface area contributed by atoms with Crippen molar-refractivity contribution in [1.29, 1.82) is 0 Å². The van der Waals surface area contributed by atoms with Crippen LogP contribution in [0, 0.1) is 0 Å². The van der Waals surface area contributed by atoms with Crippen LogP contribution in [0.4, 0.5) is 0 Å². The zero-order chi connectivity index (χ0) is 24.0. The van der Waals surface area contributed by atoms with Crippen molar-refractivity contribution in [2.24, 2.45) is 0 Å². The predicted octanol–water partition coefficient (Wildman–Crippen LogP) is 5.03. The predicted molar refractivity (Wildman–Crippen MR) is 123 cm³/mol. The number of nitrogens with zero attached hydrogens (tertiary/aromatic N) is 2. The van der Waals surface area contributed by atoms with E-state index in [4.69, 9.17) is 35.0 Å². The molecule has 0 spiro atoms. The summed E-state index contributed by atoms with van der Waals surface area (Å²) in [6.45, 7) is 2.21. The van der Waals surface area contributed by atoms with Gasteiger partial charge in [-0.2, -0.15) is 0 Å². The molecule has 11 heteroatoms. The highest BCUT2D eigenvalue weighted by molar-refractivity contribution is 8.03. The quantitative estimate of drug-likeness (QED) is 0.305. The first-order valence-corrected chi connectivity index (χ1v) is 10.8. The molecule has 0 aliphatic carbocycles. The molecule has 1 heterocycles. The smallest absolute Gasteiger partial charge is 0.342 e. The molecule has 1 N–H and O–H groups in total. The highest BCUT2D eigenvalue weighted by Gasteiger charge is 2.18. The fourth-order valence-corrected chi connectivity index (χ4v) is 3.78. The van der Waals surface area contributed by atoms with Gasteiger partial charge in [0.05, 0.1) is 33.0 Å². The Balaban J connectivity index is 1.91. The lowest BCUT2D eigenvalue weighted by atomic mass is 10.2. The molecule has 33 heavy (non-hydrogen) atoms. The third kappa shape index (κ3) is 5.91. The molecule has 0 saturated carbocycles. The number of carbonyl (C=O) groups is 1. The van der Waals surface area contributed by atoms with Crippen LogP contribution in [0.5, 0.6) is 23.0 Å². The summed E-state index contributed by atoms with van der Waals surface area (Å²) in [5, 5.41) is 18.0. The second kappa shape index (κ2) is 11.0. The minimum Gasteiger partial charge on any atom is -0.497 e. The number of halogens is 1. The number of methoxy groups -OCH3 is 3. The van der Waals surface area contributed by atoms with E-state index >= 15 is 0 Å². The Morgan fingerprint density at radius 2 is 1.79 bits per heavy atom. The molecular weight excluding hydrogens is 472 g/mol. The number of rotatable bonds is 10. The molecule has 3 aromatic rings. The largest absolute Gasteiger partial charge is 0.497 e. The van der Waals surface area contributed by atoms with Gasteiger partial charge in [-0.25, -0.2) is 4.79 Å². The molecule has 0 aliphatic heterocycles. The molecule has 0 aliphatic rings. The van der Waals surface area contributed by atoms with Crippen molar-refractivity contribution in [3.05, 3.63) is 45.8 Å². The van der Waals surface area contributed by atoms with Crippen LogP contribution in [0.2, 0.25) is 5.02 Å². The maximum Gasteiger partial charge on any atom is 0.342 e. The van der Waals surface area contributed by atoms with Crippen LogP contribution in [-0.2, 0) is 4.79 Å². The Bertz CT molecular complexity index is 1160. The molecule has 0 amide bonds. The van der Waals surface area contributed by atoms with E-state index in [2.05, 4.69) is 10.2 Å². The van der Waals surface area contributed by atoms with Gasteiger partial charge in [-0.15, -0.1) is 10.2 Å². The maximum atomic E-state index is 11.9. The van der Waals surface area contributed by atoms with E-state index in [-0.39, 0.29) is 21.0 Å². The standard InChI is InChI=1S/C22H21ClN2O7S/c1-5-31-17-7-12(6-16(23)19(17)30-4)8-18(21(26)27)33-22-25-24-20(32-22)13-9-14(28-2)11-15(10-13)29-3/h6-11H,5H2,1-4H3,(H,26,27)/b18-8-. The highest BCUT2D eigenvalue weighted by Crippen LogP contribution is 2.38. The van der Waals surface area contributed by atoms with Gasteiger partial charge in [0.2, 0.25) is 5.89 Å². The van der Waals surface area contributed by atoms with E-state index < -0.39 is 5.97 Å². The Morgan fingerprint density at radius 1 is 1.09 bits per heavy atom. The van der Waals surface area contributed by atoms with Gasteiger partial charge >= 0.3 is 5.97 Å². The summed E-state index contributed by atoms with van der Waals surface area (Å²) in [6, 6.07) is 8.32. The van der Waals surface area contributed by atoms with Crippen LogP contribution in [-0.4, -0.2) is 49.2 Å². The zero-order valence-corrected chi connectivity index (χ0v) is 19.8. The van der Waals surface area contributed by atoms with Gasteiger partial charge in [-0.05, 0) is 54.6 Å². The second-order valence-corrected chi connectivity index (χ2v) is 7.76. The topological polar surface area (TPSA) is 113 Å². The fourth-order valence-electron chi connectivity index (χ4n) is 2.81. The van der Waals surface area contributed by atoms with Crippen LogP contribution in [0.15, 0.2) is 44.9 Å². The van der Waals surface area contributed by atoms with Crippen molar-refractivity contribution in [1.82, 2.24) is 10.2 Å². The van der Waals surface area contributed by atoms with E-state index in [1.165, 1.54) is 27.4 Å². The minimum absolute atomic E-state index is 0.0464. The lowest BCUT2D eigenvalue weighted by Crippen LogP contribution is -1.99. The molecule has 174 valence electrons. The lowest BCUT2D eigenvalue weighted by molar-refractivity contribution is -0.131. The highest BCUT2D eigenvalue weighted by atomic mass is 35.5. The molecule has 0 radical (unpaired) electrons. The van der Waals surface area contributed by atoms with Crippen LogP contribution < -0.4 is 18.9 Å². The average molecular weight is 493 g/mol. The average Bonchev–Trinajstić information content (AvgIpc) is 3.27. The van der Waals surface area contributed by atoms with E-state index in [9.17, 15) is 9.90 Å². The maximum absolute atomic E-state index is 11.9. The summed E-state index contributed by atoms with van der Waals surface area (Å²) in [4.78, 5) is 11.8. The van der Waals surface area contributed by atoms with Gasteiger partial charge in [0.15, 0.2) is 11.5 Å². The molecule has 0 bridgehead atoms. The summed E-state index contributed by atoms with van der Waals surface area (Å²) in [6.07, 6.45) is 1.43. The van der Waals surface area contributed by atoms with E-state index in [0.29, 0.717) is 40.7 Å². The van der Waals surface area contributed by atoms with Crippen LogP contribution in [0.25, 0.3) is 17.5 Å². The van der Waals surface area contributed by atoms with Gasteiger partial charge in [0, 0.05) is 11.6 Å². The number of thioether (sulfide) groups is 1. The molecule has 0 fully saturated rings. The van der Waals surface area contributed by atoms with Crippen LogP contribution in [0.1, 0.15) is 12.5 Å². The molecule has 3 rings (SSSR count). The van der Waals surface area contributed by atoms with Crippen molar-refractivity contribution in [2.75, 3.05) is 27.9 Å². The fraction of sp³-hybridized carbons (Fsp3) is 0.227. The van der Waals surface area contributed by atoms with Crippen molar-refractivity contribution >= 4 is 35.4 Å². The molecule has 0 saturated heterocycles. The Hall–Kier alpha value is -3.37. The van der Waals surface area contributed by atoms with Crippen LogP contribution in [0.3, 0.4) is 0 Å². The lowest BCUT2D eigenvalue weighted by Gasteiger charge is -2.12. The Kier molecular flexibility index (Phi) is 8.07. The SMILES string of the molecule is CCOc1cc(/C=C(\Sc2nnc(-c3cc(OC)cc(OC)c3)o2)C(=O)O)cc(Cl)c1OC. The number of carboxylic acid groups (broad SMARTS) is 1. The third-order valence-electron chi connectivity index (χ3n) is 4.25. The van der Waals surface area contributed by atoms with Crippen molar-refractivity contribution in [3.63, 3.8) is 0 Å². The number of aromatic nitrogens is 2. The second-order valence-electron chi connectivity index (χ2n) is 6.36. The number of hydrogen-bond acceptors (Lipinski definition) is 9. The minimum atomic E-state index is -1.17. The first-order valence-electron chi connectivity index (χ1n) is 9.58. The molecule has 2 aromatic carbocycles. The molecule has 0 atom stereocenters. The van der Waals surface area contributed by atoms with Crippen molar-refractivity contribution in [2.45, 2.75) is 12.1 Å². The van der Waals surface area contributed by atoms with Gasteiger partial charge in [0.1, 0.15) is 16.4 Å². The summed E-state index contributed by atoms with van der Waals surface area (Å²) in [7, 11) is 4.53. The van der Waals surface area contributed by atoms with Crippen molar-refractivity contribution < 1.29 is 33.3 Å². The first kappa shape index (κ1) is 24.3. The van der Waals surface area contributed by atoms with Gasteiger partial charge < -0.3 is 28.5 Å². The first-order chi connectivity index (χ1) is 15.9. The van der Waals surface area contributed by atoms with E-state index in [1.54, 1.807) is 30.3 Å². The summed E-state index contributed by atoms with van der Waals surface area (Å²) in [5.41, 5.74) is 1.07. The molecule has 1 aromatic heterocycles. The molecular formula is C22H21ClN2O7S. The number of benzene rings is 2. The number of ether oxygens (including phenoxy) is 4. The van der Waals surface area contributed by atoms with Gasteiger partial charge in [0.25, 0.3) is 5.22 Å². The van der Waals surface area contributed by atoms with Gasteiger partial charge in [-0.1, -0.05) is 11.6 Å². The number of aliphatic carboxylic acids is 1. The third-order valence-corrected chi connectivity index (χ3v) is 5.38. The summed E-state index contributed by atoms with van der Waals surface area (Å²) >= 11 is 7.07. The number of hydrogen-bond donors (Lipinski definition) is 1. The number of carboxylic acids is 1. The van der Waals surface area contributed by atoms with E-state index in [0.717, 1.165) is 11.8 Å². The van der Waals surface area contributed by atoms with Gasteiger partial charge in [-0.3, -0.25) is 0 Å². The summed E-state index contributed by atoms with van der Waals surface area (Å²) < 4.78 is 27.0. The zero-order valence-electron chi connectivity index (χ0n) is 18.2. The summed E-state index contributed by atoms with van der Waals surface area (Å²) in [5.74, 6) is 0.878. The molecule has 0 unspecified atom stereocenters. The van der Waals surface area contributed by atoms with Crippen LogP contribution >= 0.6 is 23.4 Å².